The highest BCUT2D eigenvalue weighted by Gasteiger charge is 2.26. The van der Waals surface area contributed by atoms with E-state index >= 15 is 0 Å². The highest BCUT2D eigenvalue weighted by atomic mass is 79.9. The summed E-state index contributed by atoms with van der Waals surface area (Å²) in [5, 5.41) is 3.34. The Morgan fingerprint density at radius 1 is 1.50 bits per heavy atom. The summed E-state index contributed by atoms with van der Waals surface area (Å²) in [5.74, 6) is 0.120. The Morgan fingerprint density at radius 2 is 2.22 bits per heavy atom. The van der Waals surface area contributed by atoms with Crippen LogP contribution in [0.5, 0.6) is 0 Å². The lowest BCUT2D eigenvalue weighted by Crippen LogP contribution is -2.46. The fourth-order valence-corrected chi connectivity index (χ4v) is 2.80. The minimum Gasteiger partial charge on any atom is -0.356 e. The first-order valence-corrected chi connectivity index (χ1v) is 7.37. The third kappa shape index (κ3) is 3.14. The van der Waals surface area contributed by atoms with Crippen LogP contribution in [0.15, 0.2) is 16.7 Å². The highest BCUT2D eigenvalue weighted by molar-refractivity contribution is 9.10. The summed E-state index contributed by atoms with van der Waals surface area (Å²) < 4.78 is 0.924. The first kappa shape index (κ1) is 13.6. The number of amides is 1. The molecule has 1 aromatic heterocycles. The summed E-state index contributed by atoms with van der Waals surface area (Å²) in [4.78, 5) is 17.6. The van der Waals surface area contributed by atoms with E-state index in [-0.39, 0.29) is 5.91 Å². The van der Waals surface area contributed by atoms with Crippen molar-refractivity contribution in [3.63, 3.8) is 0 Å². The molecule has 5 heteroatoms. The molecular formula is C13H20BrN3O. The van der Waals surface area contributed by atoms with E-state index in [9.17, 15) is 4.79 Å². The number of hydrogen-bond donors (Lipinski definition) is 2. The fraction of sp³-hybridized carbons (Fsp3) is 0.615. The van der Waals surface area contributed by atoms with Gasteiger partial charge in [-0.3, -0.25) is 4.79 Å². The van der Waals surface area contributed by atoms with Crippen molar-refractivity contribution in [3.05, 3.63) is 22.4 Å². The molecule has 0 bridgehead atoms. The van der Waals surface area contributed by atoms with Crippen LogP contribution in [0, 0.1) is 0 Å². The van der Waals surface area contributed by atoms with Gasteiger partial charge in [0.05, 0.1) is 0 Å². The smallest absolute Gasteiger partial charge is 0.270 e. The van der Waals surface area contributed by atoms with Crippen LogP contribution < -0.4 is 5.32 Å². The Bertz CT molecular complexity index is 399. The number of H-pyrrole nitrogens is 1. The lowest BCUT2D eigenvalue weighted by molar-refractivity contribution is 0.0637. The van der Waals surface area contributed by atoms with Crippen molar-refractivity contribution in [2.45, 2.75) is 32.2 Å². The van der Waals surface area contributed by atoms with Gasteiger partial charge < -0.3 is 15.2 Å². The maximum absolute atomic E-state index is 12.5. The van der Waals surface area contributed by atoms with Crippen LogP contribution in [0.1, 0.15) is 36.7 Å². The van der Waals surface area contributed by atoms with Crippen molar-refractivity contribution >= 4 is 21.8 Å². The number of rotatable bonds is 4. The van der Waals surface area contributed by atoms with E-state index in [0.29, 0.717) is 11.7 Å². The molecule has 1 amide bonds. The van der Waals surface area contributed by atoms with Gasteiger partial charge in [-0.1, -0.05) is 6.92 Å². The number of piperidine rings is 1. The van der Waals surface area contributed by atoms with Crippen molar-refractivity contribution in [2.24, 2.45) is 0 Å². The molecule has 0 aliphatic carbocycles. The van der Waals surface area contributed by atoms with Crippen LogP contribution in [0.2, 0.25) is 0 Å². The second-order valence-corrected chi connectivity index (χ2v) is 5.63. The van der Waals surface area contributed by atoms with Gasteiger partial charge in [0.1, 0.15) is 5.69 Å². The lowest BCUT2D eigenvalue weighted by Gasteiger charge is -2.34. The fourth-order valence-electron chi connectivity index (χ4n) is 2.46. The first-order chi connectivity index (χ1) is 8.72. The molecule has 18 heavy (non-hydrogen) atoms. The third-order valence-electron chi connectivity index (χ3n) is 3.35. The maximum atomic E-state index is 12.5. The van der Waals surface area contributed by atoms with Gasteiger partial charge in [-0.25, -0.2) is 0 Å². The van der Waals surface area contributed by atoms with Gasteiger partial charge in [-0.05, 0) is 54.3 Å². The molecule has 4 nitrogen and oxygen atoms in total. The second-order valence-electron chi connectivity index (χ2n) is 4.71. The molecule has 0 atom stereocenters. The second kappa shape index (κ2) is 6.38. The third-order valence-corrected chi connectivity index (χ3v) is 3.81. The van der Waals surface area contributed by atoms with Crippen LogP contribution in [-0.4, -0.2) is 41.5 Å². The standard InChI is InChI=1S/C13H20BrN3O/c1-2-7-17(11-3-5-15-6-4-11)13(18)12-8-10(14)9-16-12/h8-9,11,15-16H,2-7H2,1H3. The minimum absolute atomic E-state index is 0.120. The minimum atomic E-state index is 0.120. The lowest BCUT2D eigenvalue weighted by atomic mass is 10.0. The molecule has 0 aromatic carbocycles. The number of aromatic nitrogens is 1. The van der Waals surface area contributed by atoms with Crippen molar-refractivity contribution in [1.29, 1.82) is 0 Å². The van der Waals surface area contributed by atoms with E-state index in [0.717, 1.165) is 43.4 Å². The summed E-state index contributed by atoms with van der Waals surface area (Å²) in [7, 11) is 0. The van der Waals surface area contributed by atoms with Gasteiger partial charge in [0, 0.05) is 23.3 Å². The van der Waals surface area contributed by atoms with Gasteiger partial charge in [0.2, 0.25) is 0 Å². The highest BCUT2D eigenvalue weighted by Crippen LogP contribution is 2.18. The van der Waals surface area contributed by atoms with Crippen LogP contribution >= 0.6 is 15.9 Å². The van der Waals surface area contributed by atoms with Gasteiger partial charge >= 0.3 is 0 Å². The molecule has 0 radical (unpaired) electrons. The van der Waals surface area contributed by atoms with E-state index in [1.54, 1.807) is 6.20 Å². The maximum Gasteiger partial charge on any atom is 0.270 e. The van der Waals surface area contributed by atoms with E-state index in [1.807, 2.05) is 11.0 Å². The number of hydrogen-bond acceptors (Lipinski definition) is 2. The number of carbonyl (C=O) groups excluding carboxylic acids is 1. The van der Waals surface area contributed by atoms with Crippen LogP contribution in [0.25, 0.3) is 0 Å². The van der Waals surface area contributed by atoms with Crippen LogP contribution in [-0.2, 0) is 0 Å². The number of nitrogens with one attached hydrogen (secondary N) is 2. The zero-order chi connectivity index (χ0) is 13.0. The van der Waals surface area contributed by atoms with E-state index in [4.69, 9.17) is 0 Å². The van der Waals surface area contributed by atoms with Crippen molar-refractivity contribution in [2.75, 3.05) is 19.6 Å². The molecule has 1 saturated heterocycles. The van der Waals surface area contributed by atoms with E-state index in [2.05, 4.69) is 33.2 Å². The van der Waals surface area contributed by atoms with Crippen molar-refractivity contribution in [3.8, 4) is 0 Å². The molecule has 0 spiro atoms. The van der Waals surface area contributed by atoms with E-state index < -0.39 is 0 Å². The zero-order valence-corrected chi connectivity index (χ0v) is 12.3. The quantitative estimate of drug-likeness (QED) is 0.896. The summed E-state index contributed by atoms with van der Waals surface area (Å²) >= 11 is 3.37. The molecule has 1 aromatic rings. The monoisotopic (exact) mass is 313 g/mol. The summed E-state index contributed by atoms with van der Waals surface area (Å²) in [6.45, 7) is 4.96. The normalized spacial score (nSPS) is 16.8. The number of carbonyl (C=O) groups is 1. The molecule has 2 heterocycles. The number of nitrogens with zero attached hydrogens (tertiary/aromatic N) is 1. The molecule has 0 saturated carbocycles. The number of aromatic amines is 1. The Kier molecular flexibility index (Phi) is 4.83. The Labute approximate surface area is 116 Å². The van der Waals surface area contributed by atoms with Crippen LogP contribution in [0.3, 0.4) is 0 Å². The average Bonchev–Trinajstić information content (AvgIpc) is 2.83. The molecule has 1 aliphatic heterocycles. The topological polar surface area (TPSA) is 48.1 Å². The summed E-state index contributed by atoms with van der Waals surface area (Å²) in [6.07, 6.45) is 4.90. The Morgan fingerprint density at radius 3 is 2.78 bits per heavy atom. The van der Waals surface area contributed by atoms with Crippen LogP contribution in [0.4, 0.5) is 0 Å². The molecule has 2 rings (SSSR count). The average molecular weight is 314 g/mol. The summed E-state index contributed by atoms with van der Waals surface area (Å²) in [6, 6.07) is 2.23. The predicted molar refractivity (Wildman–Crippen MR) is 75.7 cm³/mol. The first-order valence-electron chi connectivity index (χ1n) is 6.58. The largest absolute Gasteiger partial charge is 0.356 e. The van der Waals surface area contributed by atoms with Gasteiger partial charge in [0.25, 0.3) is 5.91 Å². The van der Waals surface area contributed by atoms with E-state index in [1.165, 1.54) is 0 Å². The molecule has 2 N–H and O–H groups in total. The van der Waals surface area contributed by atoms with Crippen molar-refractivity contribution in [1.82, 2.24) is 15.2 Å². The zero-order valence-electron chi connectivity index (χ0n) is 10.7. The Hall–Kier alpha value is -0.810. The predicted octanol–water partition coefficient (Wildman–Crippen LogP) is 2.38. The SMILES string of the molecule is CCCN(C(=O)c1cc(Br)c[nH]1)C1CCNCC1. The molecule has 1 fully saturated rings. The molecule has 1 aliphatic rings. The Balaban J connectivity index is 2.10. The van der Waals surface area contributed by atoms with Gasteiger partial charge in [0.15, 0.2) is 0 Å². The molecule has 0 unspecified atom stereocenters. The van der Waals surface area contributed by atoms with Gasteiger partial charge in [-0.2, -0.15) is 0 Å². The number of halogens is 1. The van der Waals surface area contributed by atoms with Gasteiger partial charge in [-0.15, -0.1) is 0 Å². The molecule has 100 valence electrons. The summed E-state index contributed by atoms with van der Waals surface area (Å²) in [5.41, 5.74) is 0.675. The van der Waals surface area contributed by atoms with Crippen molar-refractivity contribution < 1.29 is 4.79 Å². The molecular weight excluding hydrogens is 294 g/mol.